The monoisotopic (exact) mass is 520 g/mol. The van der Waals surface area contributed by atoms with Crippen molar-refractivity contribution >= 4 is 23.5 Å². The van der Waals surface area contributed by atoms with E-state index in [0.717, 1.165) is 17.7 Å². The molecule has 8 nitrogen and oxygen atoms in total. The second-order valence-electron chi connectivity index (χ2n) is 9.89. The van der Waals surface area contributed by atoms with Crippen LogP contribution in [0.4, 0.5) is 5.69 Å². The molecule has 0 aliphatic rings. The number of nitrogens with zero attached hydrogens (tertiary/aromatic N) is 1. The smallest absolute Gasteiger partial charge is 0.323 e. The first kappa shape index (κ1) is 32.3. The summed E-state index contributed by atoms with van der Waals surface area (Å²) in [4.78, 5) is 35.4. The highest BCUT2D eigenvalue weighted by molar-refractivity contribution is 5.98. The summed E-state index contributed by atoms with van der Waals surface area (Å²) in [5.74, 6) is -2.89. The van der Waals surface area contributed by atoms with Crippen molar-refractivity contribution in [3.05, 3.63) is 23.8 Å². The van der Waals surface area contributed by atoms with Gasteiger partial charge in [0.25, 0.3) is 5.91 Å². The molecule has 0 aromatic heterocycles. The van der Waals surface area contributed by atoms with Crippen LogP contribution in [0.1, 0.15) is 120 Å². The maximum absolute atomic E-state index is 12.6. The van der Waals surface area contributed by atoms with Crippen molar-refractivity contribution < 1.29 is 29.3 Å². The molecule has 0 aliphatic carbocycles. The minimum absolute atomic E-state index is 0.101. The number of amides is 1. The van der Waals surface area contributed by atoms with Crippen LogP contribution in [0.2, 0.25) is 0 Å². The van der Waals surface area contributed by atoms with Crippen molar-refractivity contribution in [1.29, 1.82) is 0 Å². The Bertz CT molecular complexity index is 783. The van der Waals surface area contributed by atoms with Gasteiger partial charge in [-0.05, 0) is 18.6 Å². The van der Waals surface area contributed by atoms with Crippen molar-refractivity contribution in [2.24, 2.45) is 0 Å². The number of hydrogen-bond donors (Lipinski definition) is 3. The molecule has 0 spiro atoms. The Balaban J connectivity index is 2.18. The molecule has 0 saturated heterocycles. The Morgan fingerprint density at radius 1 is 0.703 bits per heavy atom. The van der Waals surface area contributed by atoms with Crippen LogP contribution in [0, 0.1) is 0 Å². The summed E-state index contributed by atoms with van der Waals surface area (Å²) in [7, 11) is 0. The third-order valence-electron chi connectivity index (χ3n) is 6.38. The van der Waals surface area contributed by atoms with Crippen molar-refractivity contribution in [2.45, 2.75) is 110 Å². The van der Waals surface area contributed by atoms with E-state index in [9.17, 15) is 14.4 Å². The minimum atomic E-state index is -1.29. The van der Waals surface area contributed by atoms with E-state index >= 15 is 0 Å². The van der Waals surface area contributed by atoms with Gasteiger partial charge in [0.05, 0.1) is 6.61 Å². The number of nitrogen functional groups attached to an aromatic ring is 1. The van der Waals surface area contributed by atoms with Gasteiger partial charge in [-0.1, -0.05) is 103 Å². The zero-order valence-electron chi connectivity index (χ0n) is 22.7. The van der Waals surface area contributed by atoms with Crippen LogP contribution < -0.4 is 10.5 Å². The van der Waals surface area contributed by atoms with Gasteiger partial charge in [0.15, 0.2) is 0 Å². The van der Waals surface area contributed by atoms with Gasteiger partial charge in [-0.3, -0.25) is 14.4 Å². The molecule has 0 heterocycles. The SMILES string of the molecule is CCCCCCCCCCCCCCCCCCOc1cc(N)cc(C(=O)N(CC(=O)O)CC(=O)O)c1. The molecule has 0 aliphatic heterocycles. The fraction of sp³-hybridized carbons (Fsp3) is 0.690. The molecule has 0 radical (unpaired) electrons. The summed E-state index contributed by atoms with van der Waals surface area (Å²) in [5, 5.41) is 18.0. The summed E-state index contributed by atoms with van der Waals surface area (Å²) in [5.41, 5.74) is 6.27. The highest BCUT2D eigenvalue weighted by atomic mass is 16.5. The number of carboxylic acid groups (broad SMARTS) is 2. The average Bonchev–Trinajstić information content (AvgIpc) is 2.84. The van der Waals surface area contributed by atoms with E-state index in [1.54, 1.807) is 6.07 Å². The molecule has 0 saturated carbocycles. The largest absolute Gasteiger partial charge is 0.493 e. The second kappa shape index (κ2) is 20.3. The number of carbonyl (C=O) groups is 3. The van der Waals surface area contributed by atoms with E-state index in [1.807, 2.05) is 0 Å². The number of hydrogen-bond acceptors (Lipinski definition) is 5. The minimum Gasteiger partial charge on any atom is -0.493 e. The molecule has 4 N–H and O–H groups in total. The quantitative estimate of drug-likeness (QED) is 0.111. The third-order valence-corrected chi connectivity index (χ3v) is 6.38. The fourth-order valence-electron chi connectivity index (χ4n) is 4.38. The molecule has 1 aromatic carbocycles. The molecular weight excluding hydrogens is 472 g/mol. The molecular formula is C29H48N2O6. The Labute approximate surface area is 222 Å². The van der Waals surface area contributed by atoms with E-state index in [-0.39, 0.29) is 5.56 Å². The van der Waals surface area contributed by atoms with E-state index in [1.165, 1.54) is 102 Å². The van der Waals surface area contributed by atoms with Crippen molar-refractivity contribution in [3.63, 3.8) is 0 Å². The molecule has 0 bridgehead atoms. The lowest BCUT2D eigenvalue weighted by molar-refractivity contribution is -0.140. The highest BCUT2D eigenvalue weighted by Crippen LogP contribution is 2.21. The van der Waals surface area contributed by atoms with E-state index in [0.29, 0.717) is 18.0 Å². The van der Waals surface area contributed by atoms with Crippen LogP contribution in [-0.2, 0) is 9.59 Å². The summed E-state index contributed by atoms with van der Waals surface area (Å²) in [6.45, 7) is 1.32. The number of rotatable bonds is 23. The zero-order chi connectivity index (χ0) is 27.3. The summed E-state index contributed by atoms with van der Waals surface area (Å²) < 4.78 is 5.76. The Morgan fingerprint density at radius 2 is 1.14 bits per heavy atom. The molecule has 37 heavy (non-hydrogen) atoms. The third kappa shape index (κ3) is 16.6. The number of carboxylic acids is 2. The summed E-state index contributed by atoms with van der Waals surface area (Å²) >= 11 is 0. The number of benzene rings is 1. The van der Waals surface area contributed by atoms with E-state index < -0.39 is 30.9 Å². The lowest BCUT2D eigenvalue weighted by atomic mass is 10.0. The van der Waals surface area contributed by atoms with Gasteiger partial charge < -0.3 is 25.6 Å². The molecule has 1 aromatic rings. The number of unbranched alkanes of at least 4 members (excludes halogenated alkanes) is 15. The average molecular weight is 521 g/mol. The van der Waals surface area contributed by atoms with Crippen LogP contribution in [0.25, 0.3) is 0 Å². The van der Waals surface area contributed by atoms with Crippen LogP contribution in [-0.4, -0.2) is 52.7 Å². The maximum Gasteiger partial charge on any atom is 0.323 e. The van der Waals surface area contributed by atoms with Gasteiger partial charge in [-0.2, -0.15) is 0 Å². The fourth-order valence-corrected chi connectivity index (χ4v) is 4.38. The second-order valence-corrected chi connectivity index (χ2v) is 9.89. The van der Waals surface area contributed by atoms with Crippen LogP contribution in [0.3, 0.4) is 0 Å². The topological polar surface area (TPSA) is 130 Å². The van der Waals surface area contributed by atoms with Gasteiger partial charge >= 0.3 is 11.9 Å². The predicted molar refractivity (Wildman–Crippen MR) is 147 cm³/mol. The van der Waals surface area contributed by atoms with Crippen molar-refractivity contribution in [3.8, 4) is 5.75 Å². The molecule has 1 amide bonds. The van der Waals surface area contributed by atoms with Crippen LogP contribution >= 0.6 is 0 Å². The Morgan fingerprint density at radius 3 is 1.57 bits per heavy atom. The predicted octanol–water partition coefficient (Wildman–Crippen LogP) is 6.52. The van der Waals surface area contributed by atoms with Gasteiger partial charge in [-0.25, -0.2) is 0 Å². The van der Waals surface area contributed by atoms with Crippen molar-refractivity contribution in [2.75, 3.05) is 25.4 Å². The number of nitrogens with two attached hydrogens (primary N) is 1. The molecule has 1 rings (SSSR count). The lowest BCUT2D eigenvalue weighted by Crippen LogP contribution is -2.39. The van der Waals surface area contributed by atoms with Crippen molar-refractivity contribution in [1.82, 2.24) is 4.90 Å². The standard InChI is InChI=1S/C29H48N2O6/c1-2-3-4-5-6-7-8-9-10-11-12-13-14-15-16-17-18-37-26-20-24(19-25(30)21-26)29(36)31(22-27(32)33)23-28(34)35/h19-21H,2-18,22-23,30H2,1H3,(H,32,33)(H,34,35). The van der Waals surface area contributed by atoms with Crippen LogP contribution in [0.15, 0.2) is 18.2 Å². The first-order chi connectivity index (χ1) is 17.8. The molecule has 8 heteroatoms. The van der Waals surface area contributed by atoms with Crippen LogP contribution in [0.5, 0.6) is 5.75 Å². The van der Waals surface area contributed by atoms with Gasteiger partial charge in [0.2, 0.25) is 0 Å². The summed E-state index contributed by atoms with van der Waals surface area (Å²) in [6.07, 6.45) is 20.7. The normalized spacial score (nSPS) is 10.8. The first-order valence-corrected chi connectivity index (χ1v) is 14.1. The maximum atomic E-state index is 12.6. The van der Waals surface area contributed by atoms with E-state index in [4.69, 9.17) is 20.7 Å². The number of carbonyl (C=O) groups excluding carboxylic acids is 1. The van der Waals surface area contributed by atoms with Gasteiger partial charge in [0.1, 0.15) is 18.8 Å². The molecule has 0 unspecified atom stereocenters. The summed E-state index contributed by atoms with van der Waals surface area (Å²) in [6, 6.07) is 4.46. The Kier molecular flexibility index (Phi) is 17.7. The molecule has 210 valence electrons. The van der Waals surface area contributed by atoms with Gasteiger partial charge in [0, 0.05) is 17.3 Å². The molecule has 0 atom stereocenters. The number of aliphatic carboxylic acids is 2. The number of anilines is 1. The zero-order valence-corrected chi connectivity index (χ0v) is 22.7. The lowest BCUT2D eigenvalue weighted by Gasteiger charge is -2.19. The van der Waals surface area contributed by atoms with E-state index in [2.05, 4.69) is 6.92 Å². The Hall–Kier alpha value is -2.77. The highest BCUT2D eigenvalue weighted by Gasteiger charge is 2.22. The first-order valence-electron chi connectivity index (χ1n) is 14.1. The molecule has 0 fully saturated rings. The van der Waals surface area contributed by atoms with Gasteiger partial charge in [-0.15, -0.1) is 0 Å². The number of ether oxygens (including phenoxy) is 1.